The summed E-state index contributed by atoms with van der Waals surface area (Å²) in [7, 11) is 0. The Kier molecular flexibility index (Phi) is 3.83. The van der Waals surface area contributed by atoms with Crippen molar-refractivity contribution in [2.45, 2.75) is 23.5 Å². The maximum Gasteiger partial charge on any atom is 0.197 e. The van der Waals surface area contributed by atoms with Gasteiger partial charge < -0.3 is 11.5 Å². The second-order valence-corrected chi connectivity index (χ2v) is 4.78. The van der Waals surface area contributed by atoms with Crippen molar-refractivity contribution in [1.82, 2.24) is 19.9 Å². The normalized spacial score (nSPS) is 10.6. The van der Waals surface area contributed by atoms with Crippen LogP contribution in [0.3, 0.4) is 0 Å². The second-order valence-electron chi connectivity index (χ2n) is 3.40. The van der Waals surface area contributed by atoms with Gasteiger partial charge in [-0.05, 0) is 11.8 Å². The Balaban J connectivity index is 2.30. The highest BCUT2D eigenvalue weighted by atomic mass is 35.5. The van der Waals surface area contributed by atoms with Gasteiger partial charge in [-0.25, -0.2) is 19.9 Å². The van der Waals surface area contributed by atoms with Gasteiger partial charge in [-0.15, -0.1) is 0 Å². The first-order chi connectivity index (χ1) is 8.56. The lowest BCUT2D eigenvalue weighted by Crippen LogP contribution is -2.00. The first-order valence-electron chi connectivity index (χ1n) is 5.18. The Labute approximate surface area is 113 Å². The van der Waals surface area contributed by atoms with E-state index in [-0.39, 0.29) is 0 Å². The fourth-order valence-electron chi connectivity index (χ4n) is 1.25. The number of rotatable bonds is 3. The molecule has 0 bridgehead atoms. The van der Waals surface area contributed by atoms with Crippen molar-refractivity contribution in [2.24, 2.45) is 0 Å². The number of halogens is 1. The lowest BCUT2D eigenvalue weighted by molar-refractivity contribution is 0.884. The summed E-state index contributed by atoms with van der Waals surface area (Å²) in [4.78, 5) is 16.5. The molecule has 0 aliphatic rings. The topological polar surface area (TPSA) is 104 Å². The van der Waals surface area contributed by atoms with Gasteiger partial charge in [0, 0.05) is 18.6 Å². The first-order valence-corrected chi connectivity index (χ1v) is 6.37. The van der Waals surface area contributed by atoms with Gasteiger partial charge >= 0.3 is 0 Å². The molecule has 0 fully saturated rings. The Morgan fingerprint density at radius 1 is 1.11 bits per heavy atom. The van der Waals surface area contributed by atoms with Crippen molar-refractivity contribution >= 4 is 35.0 Å². The molecule has 0 saturated carbocycles. The highest BCUT2D eigenvalue weighted by molar-refractivity contribution is 7.99. The third-order valence-corrected chi connectivity index (χ3v) is 2.95. The monoisotopic (exact) mass is 282 g/mol. The van der Waals surface area contributed by atoms with Crippen molar-refractivity contribution < 1.29 is 0 Å². The number of hydrogen-bond donors (Lipinski definition) is 2. The van der Waals surface area contributed by atoms with Crippen molar-refractivity contribution in [3.8, 4) is 0 Å². The molecule has 0 aromatic carbocycles. The third-order valence-electron chi connectivity index (χ3n) is 1.98. The van der Waals surface area contributed by atoms with E-state index in [9.17, 15) is 0 Å². The summed E-state index contributed by atoms with van der Waals surface area (Å²) in [6.07, 6.45) is 0.702. The van der Waals surface area contributed by atoms with Gasteiger partial charge in [0.2, 0.25) is 0 Å². The number of anilines is 2. The average molecular weight is 283 g/mol. The van der Waals surface area contributed by atoms with E-state index in [0.29, 0.717) is 39.2 Å². The third kappa shape index (κ3) is 3.21. The van der Waals surface area contributed by atoms with Crippen LogP contribution in [0.25, 0.3) is 0 Å². The van der Waals surface area contributed by atoms with Crippen LogP contribution in [-0.2, 0) is 6.42 Å². The molecule has 4 N–H and O–H groups in total. The molecular formula is C10H11ClN6S. The fourth-order valence-corrected chi connectivity index (χ4v) is 2.33. The summed E-state index contributed by atoms with van der Waals surface area (Å²) < 4.78 is 0. The van der Waals surface area contributed by atoms with Crippen LogP contribution < -0.4 is 11.5 Å². The summed E-state index contributed by atoms with van der Waals surface area (Å²) in [6.45, 7) is 1.95. The summed E-state index contributed by atoms with van der Waals surface area (Å²) >= 11 is 7.14. The molecule has 2 aromatic heterocycles. The Morgan fingerprint density at radius 3 is 2.39 bits per heavy atom. The number of aromatic nitrogens is 4. The molecule has 0 radical (unpaired) electrons. The second kappa shape index (κ2) is 5.36. The van der Waals surface area contributed by atoms with Crippen LogP contribution in [0.1, 0.15) is 12.7 Å². The zero-order valence-electron chi connectivity index (χ0n) is 9.59. The average Bonchev–Trinajstić information content (AvgIpc) is 2.26. The van der Waals surface area contributed by atoms with Crippen molar-refractivity contribution in [1.29, 1.82) is 0 Å². The highest BCUT2D eigenvalue weighted by Gasteiger charge is 2.07. The SMILES string of the molecule is CCc1nc(Cl)cc(Sc2nc(N)cc(N)n2)n1. The van der Waals surface area contributed by atoms with Crippen LogP contribution >= 0.6 is 23.4 Å². The van der Waals surface area contributed by atoms with Crippen LogP contribution in [0.5, 0.6) is 0 Å². The highest BCUT2D eigenvalue weighted by Crippen LogP contribution is 2.25. The lowest BCUT2D eigenvalue weighted by atomic mass is 10.4. The molecule has 6 nitrogen and oxygen atoms in total. The minimum Gasteiger partial charge on any atom is -0.383 e. The van der Waals surface area contributed by atoms with Crippen molar-refractivity contribution in [2.75, 3.05) is 11.5 Å². The Morgan fingerprint density at radius 2 is 1.78 bits per heavy atom. The van der Waals surface area contributed by atoms with Crippen LogP contribution in [0.4, 0.5) is 11.6 Å². The maximum absolute atomic E-state index is 5.90. The van der Waals surface area contributed by atoms with Gasteiger partial charge in [-0.3, -0.25) is 0 Å². The van der Waals surface area contributed by atoms with Gasteiger partial charge in [0.1, 0.15) is 27.6 Å². The zero-order valence-corrected chi connectivity index (χ0v) is 11.2. The quantitative estimate of drug-likeness (QED) is 0.653. The molecule has 0 atom stereocenters. The molecule has 0 aliphatic heterocycles. The number of nitrogens with two attached hydrogens (primary N) is 2. The van der Waals surface area contributed by atoms with E-state index >= 15 is 0 Å². The van der Waals surface area contributed by atoms with E-state index in [1.165, 1.54) is 17.8 Å². The van der Waals surface area contributed by atoms with Gasteiger partial charge in [-0.1, -0.05) is 18.5 Å². The van der Waals surface area contributed by atoms with Crippen molar-refractivity contribution in [3.05, 3.63) is 23.1 Å². The number of nitrogen functional groups attached to an aromatic ring is 2. The summed E-state index contributed by atoms with van der Waals surface area (Å²) in [5, 5.41) is 1.49. The standard InChI is InChI=1S/C10H11ClN6S/c1-2-8-14-5(11)3-9(17-8)18-10-15-6(12)4-7(13)16-10/h3-4H,2H2,1H3,(H4,12,13,15,16). The Hall–Kier alpha value is -1.60. The van der Waals surface area contributed by atoms with E-state index in [4.69, 9.17) is 23.1 Å². The minimum absolute atomic E-state index is 0.320. The van der Waals surface area contributed by atoms with E-state index in [1.807, 2.05) is 6.92 Å². The molecule has 2 heterocycles. The predicted octanol–water partition coefficient (Wildman–Crippen LogP) is 1.80. The van der Waals surface area contributed by atoms with Crippen LogP contribution in [0, 0.1) is 0 Å². The molecule has 0 amide bonds. The molecule has 0 saturated heterocycles. The molecular weight excluding hydrogens is 272 g/mol. The number of aryl methyl sites for hydroxylation is 1. The largest absolute Gasteiger partial charge is 0.383 e. The first kappa shape index (κ1) is 12.8. The maximum atomic E-state index is 5.90. The molecule has 0 unspecified atom stereocenters. The van der Waals surface area contributed by atoms with Gasteiger partial charge in [0.15, 0.2) is 5.16 Å². The molecule has 2 aromatic rings. The number of hydrogen-bond acceptors (Lipinski definition) is 7. The molecule has 94 valence electrons. The molecule has 18 heavy (non-hydrogen) atoms. The minimum atomic E-state index is 0.320. The molecule has 2 rings (SSSR count). The lowest BCUT2D eigenvalue weighted by Gasteiger charge is -2.04. The molecule has 8 heteroatoms. The molecule has 0 aliphatic carbocycles. The van der Waals surface area contributed by atoms with E-state index in [0.717, 1.165) is 0 Å². The van der Waals surface area contributed by atoms with Gasteiger partial charge in [0.25, 0.3) is 0 Å². The van der Waals surface area contributed by atoms with Crippen LogP contribution in [-0.4, -0.2) is 19.9 Å². The summed E-state index contributed by atoms with van der Waals surface area (Å²) in [5.41, 5.74) is 11.2. The van der Waals surface area contributed by atoms with Crippen LogP contribution in [0.15, 0.2) is 22.3 Å². The van der Waals surface area contributed by atoms with Crippen molar-refractivity contribution in [3.63, 3.8) is 0 Å². The molecule has 0 spiro atoms. The smallest absolute Gasteiger partial charge is 0.197 e. The predicted molar refractivity (Wildman–Crippen MR) is 71.4 cm³/mol. The van der Waals surface area contributed by atoms with Gasteiger partial charge in [-0.2, -0.15) is 0 Å². The van der Waals surface area contributed by atoms with E-state index in [1.54, 1.807) is 6.07 Å². The summed E-state index contributed by atoms with van der Waals surface area (Å²) in [5.74, 6) is 1.31. The van der Waals surface area contributed by atoms with E-state index < -0.39 is 0 Å². The Bertz CT molecular complexity index is 556. The van der Waals surface area contributed by atoms with Gasteiger partial charge in [0.05, 0.1) is 0 Å². The fraction of sp³-hybridized carbons (Fsp3) is 0.200. The number of nitrogens with zero attached hydrogens (tertiary/aromatic N) is 4. The van der Waals surface area contributed by atoms with Crippen LogP contribution in [0.2, 0.25) is 5.15 Å². The summed E-state index contributed by atoms with van der Waals surface area (Å²) in [6, 6.07) is 3.14. The zero-order chi connectivity index (χ0) is 13.1. The van der Waals surface area contributed by atoms with E-state index in [2.05, 4.69) is 19.9 Å².